The summed E-state index contributed by atoms with van der Waals surface area (Å²) in [6, 6.07) is 0. The van der Waals surface area contributed by atoms with Gasteiger partial charge in [0.15, 0.2) is 0 Å². The molecule has 4 rings (SSSR count). The third-order valence-electron chi connectivity index (χ3n) is 11.0. The number of aliphatic hydroxyl groups excluding tert-OH is 1. The van der Waals surface area contributed by atoms with Gasteiger partial charge in [0.2, 0.25) is 0 Å². The highest BCUT2D eigenvalue weighted by molar-refractivity contribution is 5.68. The van der Waals surface area contributed by atoms with Crippen molar-refractivity contribution in [1.82, 2.24) is 0 Å². The standard InChI is InChI=1S/C29H48O5/c1-18(7-6-13-26(2,3)33)21-10-11-22-20-9-8-19-15-29(34,17-25(31)32)16-24(30)28(19,5)23(20)12-14-27(21,22)4/h8,18,20-24,30,33-34H,6-7,9-17H2,1-5H3,(H,31,32)/t18-,20+,21-,22+,23+,24?,27-,28+,29+/m1/s1. The first kappa shape index (κ1) is 26.2. The van der Waals surface area contributed by atoms with Crippen molar-refractivity contribution >= 4 is 5.97 Å². The maximum absolute atomic E-state index is 11.3. The maximum atomic E-state index is 11.3. The molecule has 0 amide bonds. The Morgan fingerprint density at radius 1 is 1.21 bits per heavy atom. The Bertz CT molecular complexity index is 814. The van der Waals surface area contributed by atoms with Gasteiger partial charge in [0, 0.05) is 11.8 Å². The molecule has 0 saturated heterocycles. The highest BCUT2D eigenvalue weighted by Gasteiger charge is 2.62. The summed E-state index contributed by atoms with van der Waals surface area (Å²) < 4.78 is 0. The van der Waals surface area contributed by atoms with Crippen molar-refractivity contribution in [2.75, 3.05) is 0 Å². The van der Waals surface area contributed by atoms with Crippen molar-refractivity contribution in [3.05, 3.63) is 11.6 Å². The third-order valence-corrected chi connectivity index (χ3v) is 11.0. The minimum atomic E-state index is -1.34. The third kappa shape index (κ3) is 4.50. The molecule has 4 aliphatic rings. The lowest BCUT2D eigenvalue weighted by Crippen LogP contribution is -2.58. The number of aliphatic carboxylic acids is 1. The Balaban J connectivity index is 1.51. The summed E-state index contributed by atoms with van der Waals surface area (Å²) in [6.45, 7) is 10.9. The highest BCUT2D eigenvalue weighted by atomic mass is 16.4. The van der Waals surface area contributed by atoms with Crippen LogP contribution in [0.5, 0.6) is 0 Å². The topological polar surface area (TPSA) is 98.0 Å². The van der Waals surface area contributed by atoms with Gasteiger partial charge in [0.25, 0.3) is 0 Å². The number of carboxylic acid groups (broad SMARTS) is 1. The molecule has 34 heavy (non-hydrogen) atoms. The van der Waals surface area contributed by atoms with E-state index in [9.17, 15) is 25.2 Å². The van der Waals surface area contributed by atoms with Gasteiger partial charge in [-0.25, -0.2) is 0 Å². The summed E-state index contributed by atoms with van der Waals surface area (Å²) in [4.78, 5) is 11.3. The van der Waals surface area contributed by atoms with E-state index in [4.69, 9.17) is 0 Å². The highest BCUT2D eigenvalue weighted by Crippen LogP contribution is 2.67. The van der Waals surface area contributed by atoms with Crippen LogP contribution >= 0.6 is 0 Å². The Labute approximate surface area is 206 Å². The van der Waals surface area contributed by atoms with Crippen LogP contribution in [0.1, 0.15) is 105 Å². The maximum Gasteiger partial charge on any atom is 0.306 e. The van der Waals surface area contributed by atoms with Crippen LogP contribution < -0.4 is 0 Å². The Hall–Kier alpha value is -0.910. The van der Waals surface area contributed by atoms with Crippen LogP contribution in [-0.4, -0.2) is 43.7 Å². The molecule has 0 aromatic rings. The van der Waals surface area contributed by atoms with Crippen LogP contribution in [0.3, 0.4) is 0 Å². The van der Waals surface area contributed by atoms with E-state index in [1.807, 2.05) is 13.8 Å². The van der Waals surface area contributed by atoms with Crippen molar-refractivity contribution in [1.29, 1.82) is 0 Å². The molecule has 194 valence electrons. The van der Waals surface area contributed by atoms with Crippen molar-refractivity contribution in [2.24, 2.45) is 40.4 Å². The van der Waals surface area contributed by atoms with Crippen LogP contribution in [0, 0.1) is 40.4 Å². The van der Waals surface area contributed by atoms with E-state index in [0.29, 0.717) is 35.5 Å². The van der Waals surface area contributed by atoms with Gasteiger partial charge in [-0.15, -0.1) is 0 Å². The number of hydrogen-bond acceptors (Lipinski definition) is 4. The fourth-order valence-electron chi connectivity index (χ4n) is 9.27. The summed E-state index contributed by atoms with van der Waals surface area (Å²) in [6.07, 6.45) is 10.7. The number of allylic oxidation sites excluding steroid dienone is 1. The Morgan fingerprint density at radius 2 is 1.91 bits per heavy atom. The first-order chi connectivity index (χ1) is 15.7. The van der Waals surface area contributed by atoms with E-state index in [1.54, 1.807) is 0 Å². The predicted octanol–water partition coefficient (Wildman–Crippen LogP) is 5.32. The molecule has 0 aromatic carbocycles. The summed E-state index contributed by atoms with van der Waals surface area (Å²) in [7, 11) is 0. The molecule has 1 unspecified atom stereocenters. The molecule has 3 fully saturated rings. The van der Waals surface area contributed by atoms with Crippen LogP contribution in [0.15, 0.2) is 11.6 Å². The van der Waals surface area contributed by atoms with Crippen molar-refractivity contribution in [3.8, 4) is 0 Å². The molecule has 0 heterocycles. The number of aliphatic hydroxyl groups is 3. The van der Waals surface area contributed by atoms with Gasteiger partial charge < -0.3 is 20.4 Å². The SMILES string of the molecule is C[C@H](CCCC(C)(C)O)[C@H]1CC[C@H]2[C@@H]3CC=C4C[C@@](O)(CC(=O)O)CC(O)[C@]4(C)[C@H]3CC[C@]12C. The molecule has 4 aliphatic carbocycles. The summed E-state index contributed by atoms with van der Waals surface area (Å²) in [5, 5.41) is 41.7. The molecule has 5 nitrogen and oxygen atoms in total. The normalized spacial score (nSPS) is 45.1. The molecule has 0 bridgehead atoms. The lowest BCUT2D eigenvalue weighted by molar-refractivity contribution is -0.154. The van der Waals surface area contributed by atoms with Crippen molar-refractivity contribution < 1.29 is 25.2 Å². The quantitative estimate of drug-likeness (QED) is 0.373. The van der Waals surface area contributed by atoms with E-state index in [0.717, 1.165) is 37.2 Å². The van der Waals surface area contributed by atoms with E-state index < -0.39 is 23.3 Å². The fourth-order valence-corrected chi connectivity index (χ4v) is 9.27. The van der Waals surface area contributed by atoms with Crippen LogP contribution in [0.2, 0.25) is 0 Å². The van der Waals surface area contributed by atoms with Gasteiger partial charge in [-0.3, -0.25) is 4.79 Å². The van der Waals surface area contributed by atoms with Gasteiger partial charge >= 0.3 is 5.97 Å². The van der Waals surface area contributed by atoms with E-state index in [2.05, 4.69) is 26.8 Å². The lowest BCUT2D eigenvalue weighted by atomic mass is 9.45. The molecule has 0 aromatic heterocycles. The molecule has 4 N–H and O–H groups in total. The zero-order valence-electron chi connectivity index (χ0n) is 22.0. The van der Waals surface area contributed by atoms with Gasteiger partial charge in [-0.1, -0.05) is 45.3 Å². The Morgan fingerprint density at radius 3 is 2.56 bits per heavy atom. The average Bonchev–Trinajstić information content (AvgIpc) is 3.04. The van der Waals surface area contributed by atoms with E-state index in [-0.39, 0.29) is 18.3 Å². The van der Waals surface area contributed by atoms with E-state index in [1.165, 1.54) is 25.7 Å². The monoisotopic (exact) mass is 476 g/mol. The smallest absolute Gasteiger partial charge is 0.306 e. The molecular weight excluding hydrogens is 428 g/mol. The van der Waals surface area contributed by atoms with Crippen LogP contribution in [0.25, 0.3) is 0 Å². The minimum Gasteiger partial charge on any atom is -0.481 e. The molecule has 0 radical (unpaired) electrons. The fraction of sp³-hybridized carbons (Fsp3) is 0.897. The molecule has 0 aliphatic heterocycles. The zero-order valence-corrected chi connectivity index (χ0v) is 22.0. The molecular formula is C29H48O5. The van der Waals surface area contributed by atoms with Gasteiger partial charge in [-0.2, -0.15) is 0 Å². The van der Waals surface area contributed by atoms with Gasteiger partial charge in [-0.05, 0) is 93.8 Å². The summed E-state index contributed by atoms with van der Waals surface area (Å²) >= 11 is 0. The minimum absolute atomic E-state index is 0.152. The largest absolute Gasteiger partial charge is 0.481 e. The number of hydrogen-bond donors (Lipinski definition) is 4. The van der Waals surface area contributed by atoms with Crippen molar-refractivity contribution in [2.45, 2.75) is 123 Å². The first-order valence-corrected chi connectivity index (χ1v) is 13.7. The number of fused-ring (bicyclic) bond motifs is 5. The van der Waals surface area contributed by atoms with E-state index >= 15 is 0 Å². The molecule has 5 heteroatoms. The summed E-state index contributed by atoms with van der Waals surface area (Å²) in [5.41, 5.74) is -0.858. The number of carbonyl (C=O) groups is 1. The predicted molar refractivity (Wildman–Crippen MR) is 133 cm³/mol. The zero-order chi connectivity index (χ0) is 25.1. The van der Waals surface area contributed by atoms with Crippen molar-refractivity contribution in [3.63, 3.8) is 0 Å². The second kappa shape index (κ2) is 8.88. The molecule has 0 spiro atoms. The Kier molecular flexibility index (Phi) is 6.84. The number of rotatable bonds is 7. The van der Waals surface area contributed by atoms with Gasteiger partial charge in [0.05, 0.1) is 23.7 Å². The lowest BCUT2D eigenvalue weighted by Gasteiger charge is -2.60. The van der Waals surface area contributed by atoms with Gasteiger partial charge in [0.1, 0.15) is 0 Å². The average molecular weight is 477 g/mol. The van der Waals surface area contributed by atoms with Crippen LogP contribution in [-0.2, 0) is 4.79 Å². The molecule has 9 atom stereocenters. The summed E-state index contributed by atoms with van der Waals surface area (Å²) in [5.74, 6) is 1.99. The second-order valence-corrected chi connectivity index (χ2v) is 13.7. The number of carboxylic acids is 1. The first-order valence-electron chi connectivity index (χ1n) is 13.7. The second-order valence-electron chi connectivity index (χ2n) is 13.7. The molecule has 3 saturated carbocycles. The van der Waals surface area contributed by atoms with Crippen LogP contribution in [0.4, 0.5) is 0 Å².